The summed E-state index contributed by atoms with van der Waals surface area (Å²) in [5.74, 6) is 0.384. The lowest BCUT2D eigenvalue weighted by molar-refractivity contribution is 0.00578. The second kappa shape index (κ2) is 10.0. The van der Waals surface area contributed by atoms with Crippen LogP contribution in [-0.4, -0.2) is 34.9 Å². The molecule has 8 heteroatoms. The molecule has 1 saturated heterocycles. The van der Waals surface area contributed by atoms with Gasteiger partial charge in [-0.05, 0) is 69.9 Å². The molecule has 0 radical (unpaired) electrons. The number of aromatic nitrogens is 1. The minimum Gasteiger partial charge on any atom is -0.488 e. The predicted octanol–water partition coefficient (Wildman–Crippen LogP) is 4.11. The van der Waals surface area contributed by atoms with Gasteiger partial charge in [-0.25, -0.2) is 5.43 Å². The van der Waals surface area contributed by atoms with Crippen molar-refractivity contribution >= 4 is 24.2 Å². The van der Waals surface area contributed by atoms with E-state index in [2.05, 4.69) is 15.5 Å². The van der Waals surface area contributed by atoms with Gasteiger partial charge in [0, 0.05) is 23.5 Å². The highest BCUT2D eigenvalue weighted by Gasteiger charge is 2.51. The van der Waals surface area contributed by atoms with Crippen molar-refractivity contribution in [2.24, 2.45) is 5.10 Å². The number of hydrogen-bond acceptors (Lipinski definition) is 6. The number of benzene rings is 2. The van der Waals surface area contributed by atoms with Crippen LogP contribution >= 0.6 is 0 Å². The van der Waals surface area contributed by atoms with Gasteiger partial charge in [0.25, 0.3) is 5.91 Å². The quantitative estimate of drug-likeness (QED) is 0.319. The largest absolute Gasteiger partial charge is 0.494 e. The smallest absolute Gasteiger partial charge is 0.488 e. The van der Waals surface area contributed by atoms with Crippen LogP contribution in [0.2, 0.25) is 0 Å². The highest BCUT2D eigenvalue weighted by atomic mass is 16.7. The van der Waals surface area contributed by atoms with Gasteiger partial charge in [0.1, 0.15) is 12.4 Å². The van der Waals surface area contributed by atoms with Crippen LogP contribution in [-0.2, 0) is 15.9 Å². The summed E-state index contributed by atoms with van der Waals surface area (Å²) in [7, 11) is -0.392. The lowest BCUT2D eigenvalue weighted by Crippen LogP contribution is -2.41. The average molecular weight is 471 g/mol. The molecular formula is C27H30BN3O4. The Labute approximate surface area is 206 Å². The van der Waals surface area contributed by atoms with Crippen molar-refractivity contribution in [3.8, 4) is 5.75 Å². The summed E-state index contributed by atoms with van der Waals surface area (Å²) in [4.78, 5) is 16.2. The molecule has 0 aliphatic carbocycles. The zero-order valence-electron chi connectivity index (χ0n) is 20.7. The Bertz CT molecular complexity index is 1190. The first-order valence-corrected chi connectivity index (χ1v) is 11.6. The maximum atomic E-state index is 12.3. The van der Waals surface area contributed by atoms with Crippen molar-refractivity contribution in [3.63, 3.8) is 0 Å². The fourth-order valence-corrected chi connectivity index (χ4v) is 3.57. The van der Waals surface area contributed by atoms with Gasteiger partial charge < -0.3 is 14.0 Å². The van der Waals surface area contributed by atoms with Crippen molar-refractivity contribution < 1.29 is 18.8 Å². The maximum Gasteiger partial charge on any atom is 0.494 e. The summed E-state index contributed by atoms with van der Waals surface area (Å²) in [6.07, 6.45) is 3.13. The molecule has 1 N–H and O–H groups in total. The molecule has 3 aromatic rings. The summed E-state index contributed by atoms with van der Waals surface area (Å²) >= 11 is 0. The van der Waals surface area contributed by atoms with Gasteiger partial charge in [0.05, 0.1) is 16.9 Å². The van der Waals surface area contributed by atoms with Gasteiger partial charge in [-0.1, -0.05) is 36.4 Å². The molecule has 7 nitrogen and oxygen atoms in total. The predicted molar refractivity (Wildman–Crippen MR) is 137 cm³/mol. The summed E-state index contributed by atoms with van der Waals surface area (Å²) in [5, 5.41) is 4.25. The molecule has 1 aliphatic heterocycles. The second-order valence-corrected chi connectivity index (χ2v) is 9.49. The van der Waals surface area contributed by atoms with E-state index in [0.717, 1.165) is 16.6 Å². The summed E-state index contributed by atoms with van der Waals surface area (Å²) in [5.41, 5.74) is 5.75. The standard InChI is InChI=1S/C27H30BN3O4/c1-19(30-31-25(32)21-14-16-29-17-15-21)23-8-6-7-9-24(23)33-18-20-10-12-22(13-11-20)28-34-26(2,3)27(4,5)35-28/h6-17H,18H2,1-5H3,(H,31,32). The molecule has 4 rings (SSSR count). The number of nitrogens with one attached hydrogen (secondary N) is 1. The van der Waals surface area contributed by atoms with E-state index in [-0.39, 0.29) is 17.1 Å². The molecule has 0 atom stereocenters. The molecule has 0 bridgehead atoms. The molecule has 180 valence electrons. The van der Waals surface area contributed by atoms with Crippen molar-refractivity contribution in [1.82, 2.24) is 10.4 Å². The lowest BCUT2D eigenvalue weighted by atomic mass is 9.79. The molecule has 2 heterocycles. The normalized spacial score (nSPS) is 16.7. The van der Waals surface area contributed by atoms with Crippen molar-refractivity contribution in [2.75, 3.05) is 0 Å². The Balaban J connectivity index is 1.40. The van der Waals surface area contributed by atoms with Crippen LogP contribution in [0, 0.1) is 0 Å². The first kappa shape index (κ1) is 24.6. The Morgan fingerprint density at radius 3 is 2.26 bits per heavy atom. The van der Waals surface area contributed by atoms with E-state index < -0.39 is 7.12 Å². The van der Waals surface area contributed by atoms with Gasteiger partial charge in [0.2, 0.25) is 0 Å². The summed E-state index contributed by atoms with van der Waals surface area (Å²) in [6.45, 7) is 10.4. The van der Waals surface area contributed by atoms with E-state index in [0.29, 0.717) is 23.6 Å². The number of ether oxygens (including phenoxy) is 1. The van der Waals surface area contributed by atoms with Gasteiger partial charge in [-0.2, -0.15) is 5.10 Å². The molecule has 2 aromatic carbocycles. The van der Waals surface area contributed by atoms with Gasteiger partial charge in [0.15, 0.2) is 0 Å². The Morgan fingerprint density at radius 1 is 0.971 bits per heavy atom. The van der Waals surface area contributed by atoms with E-state index in [9.17, 15) is 4.79 Å². The van der Waals surface area contributed by atoms with Crippen LogP contribution in [0.5, 0.6) is 5.75 Å². The lowest BCUT2D eigenvalue weighted by Gasteiger charge is -2.32. The average Bonchev–Trinajstić information content (AvgIpc) is 3.08. The van der Waals surface area contributed by atoms with Crippen LogP contribution in [0.4, 0.5) is 0 Å². The molecule has 0 spiro atoms. The van der Waals surface area contributed by atoms with E-state index >= 15 is 0 Å². The number of pyridine rings is 1. The molecule has 1 amide bonds. The fraction of sp³-hybridized carbons (Fsp3) is 0.296. The molecule has 0 saturated carbocycles. The van der Waals surface area contributed by atoms with Crippen LogP contribution in [0.3, 0.4) is 0 Å². The number of rotatable bonds is 7. The number of nitrogens with zero attached hydrogens (tertiary/aromatic N) is 2. The van der Waals surface area contributed by atoms with Crippen LogP contribution in [0.15, 0.2) is 78.2 Å². The molecule has 0 unspecified atom stereocenters. The van der Waals surface area contributed by atoms with Gasteiger partial charge >= 0.3 is 7.12 Å². The monoisotopic (exact) mass is 471 g/mol. The highest BCUT2D eigenvalue weighted by Crippen LogP contribution is 2.36. The highest BCUT2D eigenvalue weighted by molar-refractivity contribution is 6.62. The Morgan fingerprint density at radius 2 is 1.60 bits per heavy atom. The van der Waals surface area contributed by atoms with Gasteiger partial charge in [-0.3, -0.25) is 9.78 Å². The van der Waals surface area contributed by atoms with Crippen LogP contribution in [0.25, 0.3) is 0 Å². The van der Waals surface area contributed by atoms with E-state index in [1.807, 2.05) is 83.1 Å². The maximum absolute atomic E-state index is 12.3. The Kier molecular flexibility index (Phi) is 7.05. The third-order valence-corrected chi connectivity index (χ3v) is 6.44. The zero-order chi connectivity index (χ0) is 25.1. The first-order chi connectivity index (χ1) is 16.7. The molecule has 35 heavy (non-hydrogen) atoms. The molecule has 1 aliphatic rings. The number of carbonyl (C=O) groups excluding carboxylic acids is 1. The zero-order valence-corrected chi connectivity index (χ0v) is 20.7. The third-order valence-electron chi connectivity index (χ3n) is 6.44. The molecular weight excluding hydrogens is 441 g/mol. The minimum atomic E-state index is -0.392. The SMILES string of the molecule is CC(=NNC(=O)c1ccncc1)c1ccccc1OCc1ccc(B2OC(C)(C)C(C)(C)O2)cc1. The topological polar surface area (TPSA) is 82.0 Å². The Hall–Kier alpha value is -3.49. The minimum absolute atomic E-state index is 0.299. The van der Waals surface area contributed by atoms with Gasteiger partial charge in [-0.15, -0.1) is 0 Å². The first-order valence-electron chi connectivity index (χ1n) is 11.6. The summed E-state index contributed by atoms with van der Waals surface area (Å²) in [6, 6.07) is 18.9. The third kappa shape index (κ3) is 5.61. The van der Waals surface area contributed by atoms with Crippen LogP contribution < -0.4 is 15.6 Å². The number of para-hydroxylation sites is 1. The number of amides is 1. The van der Waals surface area contributed by atoms with E-state index in [1.165, 1.54) is 0 Å². The molecule has 1 fully saturated rings. The van der Waals surface area contributed by atoms with E-state index in [4.69, 9.17) is 14.0 Å². The van der Waals surface area contributed by atoms with Crippen molar-refractivity contribution in [1.29, 1.82) is 0 Å². The van der Waals surface area contributed by atoms with Crippen molar-refractivity contribution in [2.45, 2.75) is 52.4 Å². The fourth-order valence-electron chi connectivity index (χ4n) is 3.57. The number of hydrazone groups is 1. The number of carbonyl (C=O) groups is 1. The number of hydrogen-bond donors (Lipinski definition) is 1. The van der Waals surface area contributed by atoms with Crippen molar-refractivity contribution in [3.05, 3.63) is 89.7 Å². The summed E-state index contributed by atoms with van der Waals surface area (Å²) < 4.78 is 18.4. The molecule has 1 aromatic heterocycles. The van der Waals surface area contributed by atoms with E-state index in [1.54, 1.807) is 24.5 Å². The second-order valence-electron chi connectivity index (χ2n) is 9.49. The van der Waals surface area contributed by atoms with Crippen LogP contribution in [0.1, 0.15) is 56.1 Å².